The van der Waals surface area contributed by atoms with Crippen molar-refractivity contribution in [3.05, 3.63) is 50.0 Å². The van der Waals surface area contributed by atoms with E-state index < -0.39 is 0 Å². The Morgan fingerprint density at radius 3 is 2.95 bits per heavy atom. The third-order valence-corrected chi connectivity index (χ3v) is 5.57. The molecule has 2 aromatic heterocycles. The lowest BCUT2D eigenvalue weighted by Crippen LogP contribution is -2.07. The highest BCUT2D eigenvalue weighted by atomic mass is 32.2. The highest BCUT2D eigenvalue weighted by molar-refractivity contribution is 7.98. The molecule has 0 N–H and O–H groups in total. The summed E-state index contributed by atoms with van der Waals surface area (Å²) in [6.45, 7) is 0. The quantitative estimate of drug-likeness (QED) is 0.479. The average Bonchev–Trinajstić information content (AvgIpc) is 3.01. The number of aromatic nitrogens is 1. The lowest BCUT2D eigenvalue weighted by Gasteiger charge is -2.16. The number of nitrogens with zero attached hydrogens (tertiary/aromatic N) is 3. The summed E-state index contributed by atoms with van der Waals surface area (Å²) in [6, 6.07) is 5.76. The molecule has 2 aromatic rings. The molecular weight excluding hydrogens is 318 g/mol. The second-order valence-corrected chi connectivity index (χ2v) is 6.96. The molecule has 22 heavy (non-hydrogen) atoms. The Kier molecular flexibility index (Phi) is 4.41. The topological polar surface area (TPSA) is 79.8 Å². The fourth-order valence-corrected chi connectivity index (χ4v) is 4.23. The molecule has 1 aliphatic carbocycles. The zero-order valence-electron chi connectivity index (χ0n) is 11.7. The van der Waals surface area contributed by atoms with Crippen LogP contribution in [0.3, 0.4) is 0 Å². The number of nitro groups is 1. The number of aryl methyl sites for hydroxylation is 2. The molecule has 0 bridgehead atoms. The van der Waals surface area contributed by atoms with Gasteiger partial charge < -0.3 is 0 Å². The zero-order valence-corrected chi connectivity index (χ0v) is 13.4. The van der Waals surface area contributed by atoms with Crippen LogP contribution < -0.4 is 0 Å². The summed E-state index contributed by atoms with van der Waals surface area (Å²) in [6.07, 6.45) is 4.27. The van der Waals surface area contributed by atoms with Crippen LogP contribution in [-0.2, 0) is 18.6 Å². The maximum atomic E-state index is 10.7. The number of rotatable bonds is 4. The Labute approximate surface area is 136 Å². The second-order valence-electron chi connectivity index (χ2n) is 5.10. The van der Waals surface area contributed by atoms with Crippen molar-refractivity contribution in [2.45, 2.75) is 36.5 Å². The summed E-state index contributed by atoms with van der Waals surface area (Å²) < 4.78 is 0. The van der Waals surface area contributed by atoms with Gasteiger partial charge in [-0.15, -0.1) is 11.8 Å². The Morgan fingerprint density at radius 1 is 1.41 bits per heavy atom. The SMILES string of the molecule is N#Cc1cc2c(nc1SCc1csc([N+](=O)[O-])c1)CCCC2. The lowest BCUT2D eigenvalue weighted by atomic mass is 9.95. The normalized spacial score (nSPS) is 13.4. The monoisotopic (exact) mass is 331 g/mol. The molecule has 112 valence electrons. The fourth-order valence-electron chi connectivity index (χ4n) is 2.49. The second kappa shape index (κ2) is 6.46. The van der Waals surface area contributed by atoms with Gasteiger partial charge >= 0.3 is 5.00 Å². The molecule has 0 spiro atoms. The van der Waals surface area contributed by atoms with Crippen molar-refractivity contribution in [3.8, 4) is 6.07 Å². The van der Waals surface area contributed by atoms with Gasteiger partial charge in [0.1, 0.15) is 11.1 Å². The van der Waals surface area contributed by atoms with Crippen molar-refractivity contribution in [2.24, 2.45) is 0 Å². The molecule has 5 nitrogen and oxygen atoms in total. The van der Waals surface area contributed by atoms with E-state index in [0.717, 1.165) is 53.3 Å². The molecule has 0 radical (unpaired) electrons. The largest absolute Gasteiger partial charge is 0.324 e. The van der Waals surface area contributed by atoms with Crippen molar-refractivity contribution in [1.29, 1.82) is 5.26 Å². The number of hydrogen-bond donors (Lipinski definition) is 0. The molecule has 0 atom stereocenters. The van der Waals surface area contributed by atoms with Gasteiger partial charge in [0.15, 0.2) is 0 Å². The van der Waals surface area contributed by atoms with Crippen LogP contribution in [0.2, 0.25) is 0 Å². The van der Waals surface area contributed by atoms with Crippen LogP contribution in [0, 0.1) is 21.4 Å². The van der Waals surface area contributed by atoms with E-state index in [2.05, 4.69) is 11.1 Å². The molecule has 0 fully saturated rings. The summed E-state index contributed by atoms with van der Waals surface area (Å²) in [4.78, 5) is 15.0. The summed E-state index contributed by atoms with van der Waals surface area (Å²) in [7, 11) is 0. The average molecular weight is 331 g/mol. The standard InChI is InChI=1S/C15H13N3O2S2/c16-7-12-6-11-3-1-2-4-13(11)17-15(12)22-9-10-5-14(18(19)20)21-8-10/h5-6,8H,1-4,9H2. The first-order valence-corrected chi connectivity index (χ1v) is 8.81. The van der Waals surface area contributed by atoms with Crippen LogP contribution in [-0.4, -0.2) is 9.91 Å². The number of hydrogen-bond acceptors (Lipinski definition) is 6. The van der Waals surface area contributed by atoms with Gasteiger partial charge in [-0.25, -0.2) is 4.98 Å². The first-order chi connectivity index (χ1) is 10.7. The maximum absolute atomic E-state index is 10.7. The minimum atomic E-state index is -0.378. The third-order valence-electron chi connectivity index (χ3n) is 3.58. The summed E-state index contributed by atoms with van der Waals surface area (Å²) in [5.74, 6) is 0.588. The van der Waals surface area contributed by atoms with Crippen LogP contribution in [0.4, 0.5) is 5.00 Å². The molecular formula is C15H13N3O2S2. The first-order valence-electron chi connectivity index (χ1n) is 6.95. The van der Waals surface area contributed by atoms with Gasteiger partial charge in [-0.2, -0.15) is 5.26 Å². The van der Waals surface area contributed by atoms with Gasteiger partial charge in [0, 0.05) is 22.9 Å². The molecule has 0 saturated heterocycles. The molecule has 3 rings (SSSR count). The van der Waals surface area contributed by atoms with E-state index >= 15 is 0 Å². The molecule has 0 aliphatic heterocycles. The molecule has 0 amide bonds. The van der Waals surface area contributed by atoms with Gasteiger partial charge in [-0.1, -0.05) is 11.3 Å². The smallest absolute Gasteiger partial charge is 0.258 e. The van der Waals surface area contributed by atoms with Crippen LogP contribution in [0.5, 0.6) is 0 Å². The molecule has 1 aliphatic rings. The Bertz CT molecular complexity index is 765. The van der Waals surface area contributed by atoms with E-state index in [1.165, 1.54) is 17.3 Å². The molecule has 2 heterocycles. The van der Waals surface area contributed by atoms with Crippen molar-refractivity contribution in [3.63, 3.8) is 0 Å². The van der Waals surface area contributed by atoms with Gasteiger partial charge in [-0.3, -0.25) is 10.1 Å². The van der Waals surface area contributed by atoms with Crippen LogP contribution in [0.1, 0.15) is 35.2 Å². The van der Waals surface area contributed by atoms with Gasteiger partial charge in [0.25, 0.3) is 0 Å². The van der Waals surface area contributed by atoms with E-state index in [1.807, 2.05) is 6.07 Å². The lowest BCUT2D eigenvalue weighted by molar-refractivity contribution is -0.380. The highest BCUT2D eigenvalue weighted by Crippen LogP contribution is 2.31. The van der Waals surface area contributed by atoms with Crippen LogP contribution in [0.25, 0.3) is 0 Å². The van der Waals surface area contributed by atoms with Crippen molar-refractivity contribution in [2.75, 3.05) is 0 Å². The minimum absolute atomic E-state index is 0.148. The van der Waals surface area contributed by atoms with Crippen molar-refractivity contribution in [1.82, 2.24) is 4.98 Å². The molecule has 0 saturated carbocycles. The summed E-state index contributed by atoms with van der Waals surface area (Å²) in [5.41, 5.74) is 3.79. The van der Waals surface area contributed by atoms with E-state index in [0.29, 0.717) is 11.3 Å². The third kappa shape index (κ3) is 3.13. The first kappa shape index (κ1) is 15.0. The summed E-state index contributed by atoms with van der Waals surface area (Å²) >= 11 is 2.60. The van der Waals surface area contributed by atoms with Gasteiger partial charge in [-0.05, 0) is 42.9 Å². The Hall–Kier alpha value is -1.91. The van der Waals surface area contributed by atoms with Crippen molar-refractivity contribution < 1.29 is 4.92 Å². The maximum Gasteiger partial charge on any atom is 0.324 e. The summed E-state index contributed by atoms with van der Waals surface area (Å²) in [5, 5.41) is 22.7. The predicted molar refractivity (Wildman–Crippen MR) is 86.1 cm³/mol. The number of thioether (sulfide) groups is 1. The fraction of sp³-hybridized carbons (Fsp3) is 0.333. The van der Waals surface area contributed by atoms with Crippen LogP contribution in [0.15, 0.2) is 22.5 Å². The van der Waals surface area contributed by atoms with Crippen LogP contribution >= 0.6 is 23.1 Å². The van der Waals surface area contributed by atoms with Gasteiger partial charge in [0.05, 0.1) is 10.5 Å². The Morgan fingerprint density at radius 2 is 2.23 bits per heavy atom. The van der Waals surface area contributed by atoms with E-state index in [1.54, 1.807) is 11.4 Å². The van der Waals surface area contributed by atoms with Gasteiger partial charge in [0.2, 0.25) is 0 Å². The minimum Gasteiger partial charge on any atom is -0.258 e. The number of nitriles is 1. The number of pyridine rings is 1. The van der Waals surface area contributed by atoms with E-state index in [-0.39, 0.29) is 9.92 Å². The zero-order chi connectivity index (χ0) is 15.5. The number of fused-ring (bicyclic) bond motifs is 1. The Balaban J connectivity index is 1.79. The molecule has 0 unspecified atom stereocenters. The number of thiophene rings is 1. The van der Waals surface area contributed by atoms with E-state index in [9.17, 15) is 15.4 Å². The molecule has 0 aromatic carbocycles. The van der Waals surface area contributed by atoms with E-state index in [4.69, 9.17) is 0 Å². The highest BCUT2D eigenvalue weighted by Gasteiger charge is 2.16. The molecule has 7 heteroatoms. The predicted octanol–water partition coefficient (Wildman–Crippen LogP) is 4.09. The van der Waals surface area contributed by atoms with Crippen molar-refractivity contribution >= 4 is 28.1 Å².